The van der Waals surface area contributed by atoms with Crippen LogP contribution < -0.4 is 5.32 Å². The van der Waals surface area contributed by atoms with Gasteiger partial charge in [0.1, 0.15) is 189 Å². The van der Waals surface area contributed by atoms with Gasteiger partial charge in [-0.2, -0.15) is 0 Å². The molecule has 4 aromatic carbocycles. The number of ether oxygens (including phenoxy) is 16. The van der Waals surface area contributed by atoms with Gasteiger partial charge in [-0.05, 0) is 50.7 Å². The number of carbonyl (C=O) groups is 1. The molecule has 24 N–H and O–H groups in total. The normalized spacial score (nSPS) is 47.1. The Kier molecular flexibility index (Phi) is 26.7. The van der Waals surface area contributed by atoms with Gasteiger partial charge in [0, 0.05) is 6.42 Å². The zero-order chi connectivity index (χ0) is 77.9. The highest BCUT2D eigenvalue weighted by Gasteiger charge is 2.61. The first kappa shape index (κ1) is 82.8. The van der Waals surface area contributed by atoms with Gasteiger partial charge < -0.3 is 199 Å². The van der Waals surface area contributed by atoms with Crippen molar-refractivity contribution in [2.24, 2.45) is 0 Å². The van der Waals surface area contributed by atoms with Crippen molar-refractivity contribution in [3.63, 3.8) is 0 Å². The number of carbonyl (C=O) groups excluding carboxylic acids is 1. The second-order valence-corrected chi connectivity index (χ2v) is 28.5. The fourth-order valence-electron chi connectivity index (χ4n) is 15.8. The second kappa shape index (κ2) is 35.1. The van der Waals surface area contributed by atoms with Crippen molar-refractivity contribution < 1.29 is 198 Å². The van der Waals surface area contributed by atoms with Crippen LogP contribution in [0.5, 0.6) is 0 Å². The number of hydrogen-bond donors (Lipinski definition) is 24. The predicted molar refractivity (Wildman–Crippen MR) is 350 cm³/mol. The molecule has 612 valence electrons. The van der Waals surface area contributed by atoms with E-state index in [1.807, 2.05) is 54.6 Å². The van der Waals surface area contributed by atoms with Crippen molar-refractivity contribution in [2.75, 3.05) is 52.9 Å². The van der Waals surface area contributed by atoms with E-state index >= 15 is 0 Å². The van der Waals surface area contributed by atoms with E-state index in [9.17, 15) is 122 Å². The molecule has 30 aliphatic heterocycles. The maximum absolute atomic E-state index is 14.5. The molecule has 0 aromatic heterocycles. The van der Waals surface area contributed by atoms with Crippen LogP contribution in [0.25, 0.3) is 32.3 Å². The molecule has 30 heterocycles. The Morgan fingerprint density at radius 1 is 0.284 bits per heavy atom. The van der Waals surface area contributed by atoms with Gasteiger partial charge in [0.15, 0.2) is 50.3 Å². The van der Waals surface area contributed by atoms with Crippen LogP contribution in [-0.2, 0) is 87.0 Å². The molecule has 41 nitrogen and oxygen atoms in total. The Morgan fingerprint density at radius 2 is 0.532 bits per heavy atom. The number of nitrogens with one attached hydrogen (secondary N) is 1. The summed E-state index contributed by atoms with van der Waals surface area (Å²) in [6.45, 7) is -8.77. The Bertz CT molecular complexity index is 3580. The van der Waals surface area contributed by atoms with Gasteiger partial charge in [-0.25, -0.2) is 0 Å². The summed E-state index contributed by atoms with van der Waals surface area (Å²) in [6.07, 6.45) is -80.4. The summed E-state index contributed by atoms with van der Waals surface area (Å²) in [5.74, 6) is -0.760. The van der Waals surface area contributed by atoms with Crippen molar-refractivity contribution in [3.8, 4) is 0 Å². The van der Waals surface area contributed by atoms with Crippen molar-refractivity contribution >= 4 is 38.2 Å². The number of hydrogen-bond acceptors (Lipinski definition) is 40. The molecule has 41 heteroatoms. The van der Waals surface area contributed by atoms with Gasteiger partial charge in [0.05, 0.1) is 58.9 Å². The fourth-order valence-corrected chi connectivity index (χ4v) is 15.8. The molecule has 109 heavy (non-hydrogen) atoms. The lowest BCUT2D eigenvalue weighted by Gasteiger charge is -2.51. The molecular formula is C68H95NO40. The molecule has 30 fully saturated rings. The van der Waals surface area contributed by atoms with E-state index in [1.54, 1.807) is 0 Å². The third-order valence-corrected chi connectivity index (χ3v) is 21.7. The van der Waals surface area contributed by atoms with E-state index in [-0.39, 0.29) is 12.8 Å². The van der Waals surface area contributed by atoms with E-state index in [0.29, 0.717) is 6.42 Å². The summed E-state index contributed by atoms with van der Waals surface area (Å²) in [4.78, 5) is 14.5. The molecule has 34 rings (SSSR count). The monoisotopic (exact) mass is 1570 g/mol. The topological polar surface area (TPSA) is 642 Å². The minimum absolute atomic E-state index is 0.183. The fraction of sp³-hybridized carbons (Fsp3) is 0.750. The van der Waals surface area contributed by atoms with Crippen molar-refractivity contribution in [2.45, 2.75) is 265 Å². The third kappa shape index (κ3) is 16.1. The molecule has 0 radical (unpaired) electrons. The van der Waals surface area contributed by atoms with Gasteiger partial charge in [-0.3, -0.25) is 4.79 Å². The Labute approximate surface area is 617 Å². The smallest absolute Gasteiger partial charge is 0.220 e. The Balaban J connectivity index is 0.780. The van der Waals surface area contributed by atoms with Crippen LogP contribution in [0, 0.1) is 0 Å². The molecule has 40 atom stereocenters. The predicted octanol–water partition coefficient (Wildman–Crippen LogP) is -12.4. The lowest BCUT2D eigenvalue weighted by atomic mass is 9.90. The zero-order valence-corrected chi connectivity index (χ0v) is 57.8. The molecule has 4 aromatic rings. The van der Waals surface area contributed by atoms with Crippen molar-refractivity contribution in [1.82, 2.24) is 5.32 Å². The summed E-state index contributed by atoms with van der Waals surface area (Å²) >= 11 is 0. The summed E-state index contributed by atoms with van der Waals surface area (Å²) < 4.78 is 93.8. The maximum atomic E-state index is 14.5. The van der Waals surface area contributed by atoms with Crippen LogP contribution in [0.4, 0.5) is 0 Å². The zero-order valence-electron chi connectivity index (χ0n) is 57.8. The molecule has 0 aliphatic carbocycles. The molecule has 0 saturated carbocycles. The van der Waals surface area contributed by atoms with Crippen LogP contribution in [0.15, 0.2) is 54.6 Å². The van der Waals surface area contributed by atoms with Gasteiger partial charge in [0.2, 0.25) is 5.91 Å². The van der Waals surface area contributed by atoms with Crippen LogP contribution in [0.2, 0.25) is 0 Å². The number of rotatable bonds is 13. The number of amides is 1. The van der Waals surface area contributed by atoms with E-state index in [2.05, 4.69) is 5.32 Å². The molecule has 0 spiro atoms. The molecular weight excluding hydrogens is 1470 g/mol. The van der Waals surface area contributed by atoms with Crippen LogP contribution in [0.1, 0.15) is 18.4 Å². The standard InChI is InChI=1S/C68H95NO40/c70-13-26-53-37(69-34(78)9-3-6-23-12-24-7-1-4-21-10-11-22-5-2-8-25(23)36(22)35(21)24)38(79)61(94-26)103-54-27(14-71)96-63(47(88)40(54)81)105-56-29(16-73)98-65(49(90)42(56)83)107-58-31(18-75)100-67(51(92)44(58)85)109-60-33(20-77)101-68(52(93)45(60)86)108-59-32(19-76)99-66(50(91)43(59)84)106-57-30(17-74)97-64(48(89)41(57)82)104-55-28(15-72)95-62(102-53)46(87)39(55)80/h1-2,4-5,7-8,10-12,26-33,37-68,70-77,79-93H,3,6,9,13-20H2,(H,69,78)/t26-,27-,28-,29-,30-,31-,32-,33-,37+,38+,39+,40+,41+,42+,43+,44+,45+,46+,47+,48+,49+,50+,51+,52+,53-,54-,55-,56-,57-,58-,59-,60-,61-,62-,63-,64-,65-,66-,67-,68-/m1/s1. The molecule has 30 aliphatic rings. The third-order valence-electron chi connectivity index (χ3n) is 21.7. The van der Waals surface area contributed by atoms with Crippen molar-refractivity contribution in [1.29, 1.82) is 0 Å². The van der Waals surface area contributed by atoms with Gasteiger partial charge in [-0.15, -0.1) is 0 Å². The minimum atomic E-state index is -2.30. The summed E-state index contributed by atoms with van der Waals surface area (Å²) in [5, 5.41) is 269. The molecule has 16 bridgehead atoms. The Hall–Kier alpha value is -4.17. The minimum Gasteiger partial charge on any atom is -0.394 e. The summed E-state index contributed by atoms with van der Waals surface area (Å²) in [5.41, 5.74) is 0.900. The Morgan fingerprint density at radius 3 is 0.826 bits per heavy atom. The van der Waals surface area contributed by atoms with E-state index in [0.717, 1.165) is 37.9 Å². The highest BCUT2D eigenvalue weighted by atomic mass is 16.8. The van der Waals surface area contributed by atoms with Crippen LogP contribution >= 0.6 is 0 Å². The maximum Gasteiger partial charge on any atom is 0.220 e. The number of aliphatic hydroxyl groups is 23. The van der Waals surface area contributed by atoms with Crippen LogP contribution in [-0.4, -0.2) is 422 Å². The second-order valence-electron chi connectivity index (χ2n) is 28.5. The first-order valence-corrected chi connectivity index (χ1v) is 35.8. The van der Waals surface area contributed by atoms with Gasteiger partial charge in [-0.1, -0.05) is 54.6 Å². The largest absolute Gasteiger partial charge is 0.394 e. The number of aliphatic hydroxyl groups excluding tert-OH is 23. The van der Waals surface area contributed by atoms with E-state index < -0.39 is 304 Å². The lowest BCUT2D eigenvalue weighted by molar-refractivity contribution is -0.402. The first-order chi connectivity index (χ1) is 52.3. The number of benzene rings is 4. The van der Waals surface area contributed by atoms with Gasteiger partial charge in [0.25, 0.3) is 0 Å². The highest BCUT2D eigenvalue weighted by molar-refractivity contribution is 6.23. The quantitative estimate of drug-likeness (QED) is 0.0553. The SMILES string of the molecule is O=C(CCCc1cc2cccc3ccc4cccc1c4c32)N[C@H]1[C@H](O)[C@H]2O[C@H]3[C@@H](O)[C@H](O)[C@@H](O[C@H]4[C@@H](O)[C@H](O)[C@@H](O[C@H]5[C@@H](O)[C@H](O)[C@@H](O[C@H]6[C@@H](O)[C@H](O)[C@@H](O[C@H]7[C@@H](O)[C@H](O)[C@@H](O[C@H]8[C@@H](O)[C@H](O)[C@@H](O[C@H]9[C@@H](O)[C@H](O)[C@@H](O[C@@H]1[C@@H](CO)O2)O[C@@H]9CO)O[C@@H]8CO)O[C@@H]7CO)O[C@@H]6CO)O[C@@H]5CO)O[C@@H]4CO)O[C@@H]3CO. The average molecular weight is 1570 g/mol. The average Bonchev–Trinajstić information content (AvgIpc) is 0.765. The van der Waals surface area contributed by atoms with E-state index in [4.69, 9.17) is 75.8 Å². The lowest BCUT2D eigenvalue weighted by Crippen LogP contribution is -2.70. The molecule has 30 saturated heterocycles. The summed E-state index contributed by atoms with van der Waals surface area (Å²) in [7, 11) is 0. The molecule has 1 amide bonds. The molecule has 0 unspecified atom stereocenters. The summed E-state index contributed by atoms with van der Waals surface area (Å²) in [6, 6.07) is 16.0. The number of aryl methyl sites for hydroxylation is 1. The first-order valence-electron chi connectivity index (χ1n) is 35.8. The van der Waals surface area contributed by atoms with Crippen molar-refractivity contribution in [3.05, 3.63) is 60.2 Å². The van der Waals surface area contributed by atoms with Gasteiger partial charge >= 0.3 is 0 Å². The van der Waals surface area contributed by atoms with Crippen LogP contribution in [0.3, 0.4) is 0 Å². The van der Waals surface area contributed by atoms with E-state index in [1.165, 1.54) is 0 Å². The highest BCUT2D eigenvalue weighted by Crippen LogP contribution is 2.42.